The molecular formula is C27H31N3O2. The molecule has 1 aliphatic rings. The molecule has 0 saturated heterocycles. The summed E-state index contributed by atoms with van der Waals surface area (Å²) in [4.78, 5) is 18.4. The SMILES string of the molecule is CCc1ccc2[nH]c3c(c2c1)CCN(CCCn1cc(C(C)=O)c2c(OC)cccc21)C3. The Morgan fingerprint density at radius 2 is 2.06 bits per heavy atom. The lowest BCUT2D eigenvalue weighted by molar-refractivity contribution is 0.101. The van der Waals surface area contributed by atoms with Gasteiger partial charge in [0.15, 0.2) is 5.78 Å². The molecule has 0 spiro atoms. The summed E-state index contributed by atoms with van der Waals surface area (Å²) in [6.45, 7) is 7.83. The second kappa shape index (κ2) is 8.47. The van der Waals surface area contributed by atoms with E-state index in [0.717, 1.165) is 67.7 Å². The number of methoxy groups -OCH3 is 1. The minimum absolute atomic E-state index is 0.0758. The van der Waals surface area contributed by atoms with Crippen LogP contribution in [0.1, 0.15) is 47.4 Å². The van der Waals surface area contributed by atoms with Crippen LogP contribution in [0.4, 0.5) is 0 Å². The average molecular weight is 430 g/mol. The Morgan fingerprint density at radius 3 is 2.84 bits per heavy atom. The van der Waals surface area contributed by atoms with Gasteiger partial charge in [-0.25, -0.2) is 0 Å². The number of aromatic amines is 1. The van der Waals surface area contributed by atoms with E-state index in [0.29, 0.717) is 0 Å². The third kappa shape index (κ3) is 3.61. The van der Waals surface area contributed by atoms with Crippen molar-refractivity contribution in [2.24, 2.45) is 0 Å². The molecule has 0 unspecified atom stereocenters. The second-order valence-electron chi connectivity index (χ2n) is 8.84. The summed E-state index contributed by atoms with van der Waals surface area (Å²) in [5.41, 5.74) is 7.35. The minimum atomic E-state index is 0.0758. The van der Waals surface area contributed by atoms with Crippen molar-refractivity contribution in [2.75, 3.05) is 20.2 Å². The number of hydrogen-bond donors (Lipinski definition) is 1. The lowest BCUT2D eigenvalue weighted by Gasteiger charge is -2.27. The standard InChI is InChI=1S/C27H31N3O2/c1-4-19-9-10-23-21(15-19)20-11-14-29(17-24(20)28-23)12-6-13-30-16-22(18(2)31)27-25(30)7-5-8-26(27)32-3/h5,7-10,15-16,28H,4,6,11-14,17H2,1-3H3. The first-order chi connectivity index (χ1) is 15.6. The van der Waals surface area contributed by atoms with Gasteiger partial charge in [0.25, 0.3) is 0 Å². The number of aromatic nitrogens is 2. The zero-order valence-electron chi connectivity index (χ0n) is 19.2. The molecule has 0 aliphatic carbocycles. The number of H-pyrrole nitrogens is 1. The Morgan fingerprint density at radius 1 is 1.19 bits per heavy atom. The maximum absolute atomic E-state index is 12.2. The van der Waals surface area contributed by atoms with Crippen molar-refractivity contribution < 1.29 is 9.53 Å². The molecular weight excluding hydrogens is 398 g/mol. The molecule has 3 heterocycles. The fourth-order valence-electron chi connectivity index (χ4n) is 5.16. The number of fused-ring (bicyclic) bond motifs is 4. The molecule has 0 fully saturated rings. The quantitative estimate of drug-likeness (QED) is 0.403. The number of rotatable bonds is 7. The molecule has 0 atom stereocenters. The third-order valence-electron chi connectivity index (χ3n) is 6.87. The van der Waals surface area contributed by atoms with Gasteiger partial charge in [-0.3, -0.25) is 9.69 Å². The summed E-state index contributed by atoms with van der Waals surface area (Å²) in [5, 5.41) is 2.33. The molecule has 5 rings (SSSR count). The Balaban J connectivity index is 1.30. The van der Waals surface area contributed by atoms with E-state index < -0.39 is 0 Å². The molecule has 2 aromatic carbocycles. The van der Waals surface area contributed by atoms with Gasteiger partial charge >= 0.3 is 0 Å². The van der Waals surface area contributed by atoms with Gasteiger partial charge < -0.3 is 14.3 Å². The first-order valence-electron chi connectivity index (χ1n) is 11.6. The highest BCUT2D eigenvalue weighted by Crippen LogP contribution is 2.32. The van der Waals surface area contributed by atoms with Gasteiger partial charge in [-0.05, 0) is 61.6 Å². The van der Waals surface area contributed by atoms with Gasteiger partial charge in [-0.15, -0.1) is 0 Å². The van der Waals surface area contributed by atoms with Crippen LogP contribution in [0.15, 0.2) is 42.6 Å². The maximum atomic E-state index is 12.2. The Bertz CT molecular complexity index is 1300. The summed E-state index contributed by atoms with van der Waals surface area (Å²) in [7, 11) is 1.66. The van der Waals surface area contributed by atoms with Gasteiger partial charge in [-0.1, -0.05) is 19.1 Å². The Kier molecular flexibility index (Phi) is 5.51. The van der Waals surface area contributed by atoms with E-state index in [4.69, 9.17) is 4.74 Å². The van der Waals surface area contributed by atoms with Crippen molar-refractivity contribution in [2.45, 2.75) is 46.2 Å². The monoisotopic (exact) mass is 429 g/mol. The lowest BCUT2D eigenvalue weighted by Crippen LogP contribution is -2.31. The number of carbonyl (C=O) groups excluding carboxylic acids is 1. The second-order valence-corrected chi connectivity index (χ2v) is 8.84. The minimum Gasteiger partial charge on any atom is -0.496 e. The average Bonchev–Trinajstić information content (AvgIpc) is 3.36. The molecule has 1 aliphatic heterocycles. The van der Waals surface area contributed by atoms with Gasteiger partial charge in [0.2, 0.25) is 0 Å². The number of ketones is 1. The molecule has 32 heavy (non-hydrogen) atoms. The van der Waals surface area contributed by atoms with Crippen molar-refractivity contribution in [3.8, 4) is 5.75 Å². The van der Waals surface area contributed by atoms with Crippen LogP contribution in [0, 0.1) is 0 Å². The number of Topliss-reactive ketones (excluding diaryl/α,β-unsaturated/α-hetero) is 1. The van der Waals surface area contributed by atoms with Gasteiger partial charge in [-0.2, -0.15) is 0 Å². The van der Waals surface area contributed by atoms with E-state index in [9.17, 15) is 4.79 Å². The number of benzene rings is 2. The summed E-state index contributed by atoms with van der Waals surface area (Å²) >= 11 is 0. The number of nitrogens with zero attached hydrogens (tertiary/aromatic N) is 2. The predicted molar refractivity (Wildman–Crippen MR) is 130 cm³/mol. The van der Waals surface area contributed by atoms with Crippen molar-refractivity contribution in [3.63, 3.8) is 0 Å². The maximum Gasteiger partial charge on any atom is 0.162 e. The largest absolute Gasteiger partial charge is 0.496 e. The van der Waals surface area contributed by atoms with Crippen molar-refractivity contribution in [3.05, 3.63) is 65.0 Å². The molecule has 166 valence electrons. The number of hydrogen-bond acceptors (Lipinski definition) is 3. The molecule has 5 nitrogen and oxygen atoms in total. The zero-order chi connectivity index (χ0) is 22.2. The molecule has 0 saturated carbocycles. The molecule has 0 bridgehead atoms. The third-order valence-corrected chi connectivity index (χ3v) is 6.87. The van der Waals surface area contributed by atoms with E-state index in [1.165, 1.54) is 27.7 Å². The lowest BCUT2D eigenvalue weighted by atomic mass is 10.0. The van der Waals surface area contributed by atoms with E-state index >= 15 is 0 Å². The van der Waals surface area contributed by atoms with Gasteiger partial charge in [0.05, 0.1) is 18.0 Å². The number of aryl methyl sites for hydroxylation is 2. The summed E-state index contributed by atoms with van der Waals surface area (Å²) < 4.78 is 7.73. The highest BCUT2D eigenvalue weighted by molar-refractivity contribution is 6.09. The molecule has 2 aromatic heterocycles. The van der Waals surface area contributed by atoms with Crippen molar-refractivity contribution >= 4 is 27.6 Å². The van der Waals surface area contributed by atoms with Crippen LogP contribution < -0.4 is 4.74 Å². The van der Waals surface area contributed by atoms with E-state index in [1.54, 1.807) is 14.0 Å². The molecule has 1 N–H and O–H groups in total. The van der Waals surface area contributed by atoms with Crippen LogP contribution in [-0.2, 0) is 25.9 Å². The van der Waals surface area contributed by atoms with E-state index in [1.807, 2.05) is 18.3 Å². The highest BCUT2D eigenvalue weighted by Gasteiger charge is 2.21. The predicted octanol–water partition coefficient (Wildman–Crippen LogP) is 5.34. The van der Waals surface area contributed by atoms with E-state index in [-0.39, 0.29) is 5.78 Å². The molecule has 4 aromatic rings. The molecule has 0 radical (unpaired) electrons. The topological polar surface area (TPSA) is 50.3 Å². The van der Waals surface area contributed by atoms with Crippen LogP contribution in [0.3, 0.4) is 0 Å². The Hall–Kier alpha value is -3.05. The summed E-state index contributed by atoms with van der Waals surface area (Å²) in [6.07, 6.45) is 5.20. The van der Waals surface area contributed by atoms with Crippen molar-refractivity contribution in [1.82, 2.24) is 14.5 Å². The zero-order valence-corrected chi connectivity index (χ0v) is 19.2. The first kappa shape index (κ1) is 20.8. The van der Waals surface area contributed by atoms with Crippen LogP contribution in [0.5, 0.6) is 5.75 Å². The van der Waals surface area contributed by atoms with Crippen LogP contribution in [0.25, 0.3) is 21.8 Å². The molecule has 0 amide bonds. The number of carbonyl (C=O) groups is 1. The summed E-state index contributed by atoms with van der Waals surface area (Å²) in [5.74, 6) is 0.840. The van der Waals surface area contributed by atoms with Gasteiger partial charge in [0, 0.05) is 54.5 Å². The number of nitrogens with one attached hydrogen (secondary N) is 1. The van der Waals surface area contributed by atoms with Crippen LogP contribution in [0.2, 0.25) is 0 Å². The first-order valence-corrected chi connectivity index (χ1v) is 11.6. The fraction of sp³-hybridized carbons (Fsp3) is 0.370. The summed E-state index contributed by atoms with van der Waals surface area (Å²) in [6, 6.07) is 12.8. The van der Waals surface area contributed by atoms with Crippen molar-refractivity contribution in [1.29, 1.82) is 0 Å². The number of ether oxygens (including phenoxy) is 1. The van der Waals surface area contributed by atoms with Crippen LogP contribution in [-0.4, -0.2) is 40.4 Å². The Labute approximate surface area is 189 Å². The molecule has 5 heteroatoms. The van der Waals surface area contributed by atoms with E-state index in [2.05, 4.69) is 45.6 Å². The normalized spacial score (nSPS) is 14.2. The smallest absolute Gasteiger partial charge is 0.162 e. The fourth-order valence-corrected chi connectivity index (χ4v) is 5.16. The van der Waals surface area contributed by atoms with Gasteiger partial charge in [0.1, 0.15) is 5.75 Å². The van der Waals surface area contributed by atoms with Crippen LogP contribution >= 0.6 is 0 Å². The highest BCUT2D eigenvalue weighted by atomic mass is 16.5.